The van der Waals surface area contributed by atoms with E-state index >= 15 is 0 Å². The number of aromatic nitrogens is 3. The molecule has 2 atom stereocenters. The highest BCUT2D eigenvalue weighted by atomic mass is 19.1. The summed E-state index contributed by atoms with van der Waals surface area (Å²) < 4.78 is 25.5. The van der Waals surface area contributed by atoms with Crippen LogP contribution < -0.4 is 4.90 Å². The molecule has 1 aromatic carbocycles. The van der Waals surface area contributed by atoms with Gasteiger partial charge in [0.2, 0.25) is 11.8 Å². The maximum absolute atomic E-state index is 14.7. The monoisotopic (exact) mass is 433 g/mol. The largest absolute Gasteiger partial charge is 0.461 e. The third-order valence-electron chi connectivity index (χ3n) is 6.41. The number of oxazole rings is 1. The van der Waals surface area contributed by atoms with Gasteiger partial charge in [-0.1, -0.05) is 6.07 Å². The van der Waals surface area contributed by atoms with Crippen LogP contribution in [-0.4, -0.2) is 51.9 Å². The molecule has 0 N–H and O–H groups in total. The lowest BCUT2D eigenvalue weighted by Gasteiger charge is -2.22. The van der Waals surface area contributed by atoms with E-state index in [9.17, 15) is 9.18 Å². The molecule has 6 rings (SSSR count). The summed E-state index contributed by atoms with van der Waals surface area (Å²) in [6, 6.07) is 6.35. The van der Waals surface area contributed by atoms with Crippen molar-refractivity contribution in [1.82, 2.24) is 19.9 Å². The van der Waals surface area contributed by atoms with Crippen LogP contribution in [0.15, 0.2) is 51.8 Å². The number of benzene rings is 1. The molecule has 5 heterocycles. The fourth-order valence-corrected chi connectivity index (χ4v) is 4.89. The Morgan fingerprint density at radius 3 is 2.62 bits per heavy atom. The molecule has 2 aliphatic heterocycles. The highest BCUT2D eigenvalue weighted by Gasteiger charge is 2.43. The van der Waals surface area contributed by atoms with Gasteiger partial charge in [0.15, 0.2) is 5.58 Å². The first kappa shape index (κ1) is 19.0. The number of amides is 1. The van der Waals surface area contributed by atoms with E-state index in [0.29, 0.717) is 30.2 Å². The summed E-state index contributed by atoms with van der Waals surface area (Å²) in [5, 5.41) is 0. The first-order valence-corrected chi connectivity index (χ1v) is 10.5. The Morgan fingerprint density at radius 1 is 1.06 bits per heavy atom. The van der Waals surface area contributed by atoms with Gasteiger partial charge in [-0.25, -0.2) is 19.3 Å². The van der Waals surface area contributed by atoms with Crippen molar-refractivity contribution in [2.75, 3.05) is 31.1 Å². The van der Waals surface area contributed by atoms with Crippen LogP contribution in [0, 0.1) is 24.6 Å². The molecule has 0 bridgehead atoms. The standard InChI is InChI=1S/C23H20FN5O3/c1-13-20-18(5-7-31-20)27-23(26-13)29-11-14-9-28(10-15(14)12-29)22(30)19-16(3-2-4-17(19)24)21-25-6-8-32-21/h2-8,14-15H,9-12H2,1H3/t14-,15+. The van der Waals surface area contributed by atoms with Gasteiger partial charge in [-0.15, -0.1) is 0 Å². The van der Waals surface area contributed by atoms with E-state index in [4.69, 9.17) is 8.83 Å². The van der Waals surface area contributed by atoms with Crippen molar-refractivity contribution in [2.24, 2.45) is 11.8 Å². The number of hydrogen-bond donors (Lipinski definition) is 0. The lowest BCUT2D eigenvalue weighted by molar-refractivity contribution is 0.0778. The molecular weight excluding hydrogens is 413 g/mol. The minimum Gasteiger partial charge on any atom is -0.461 e. The third kappa shape index (κ3) is 2.96. The number of nitrogens with zero attached hydrogens (tertiary/aromatic N) is 5. The Hall–Kier alpha value is -3.75. The quantitative estimate of drug-likeness (QED) is 0.488. The van der Waals surface area contributed by atoms with Crippen LogP contribution in [0.5, 0.6) is 0 Å². The maximum atomic E-state index is 14.7. The minimum absolute atomic E-state index is 0.0103. The molecular formula is C23H20FN5O3. The number of likely N-dealkylation sites (tertiary alicyclic amines) is 1. The average molecular weight is 433 g/mol. The molecule has 9 heteroatoms. The van der Waals surface area contributed by atoms with Gasteiger partial charge in [0.05, 0.1) is 29.3 Å². The maximum Gasteiger partial charge on any atom is 0.257 e. The Bertz CT molecular complexity index is 1300. The van der Waals surface area contributed by atoms with Gasteiger partial charge in [0, 0.05) is 44.1 Å². The average Bonchev–Trinajstić information content (AvgIpc) is 3.56. The van der Waals surface area contributed by atoms with Crippen LogP contribution in [-0.2, 0) is 0 Å². The summed E-state index contributed by atoms with van der Waals surface area (Å²) in [5.41, 5.74) is 2.69. The van der Waals surface area contributed by atoms with Crippen molar-refractivity contribution < 1.29 is 18.0 Å². The van der Waals surface area contributed by atoms with Gasteiger partial charge >= 0.3 is 0 Å². The molecule has 0 unspecified atom stereocenters. The number of furan rings is 1. The number of carbonyl (C=O) groups excluding carboxylic acids is 1. The number of rotatable bonds is 3. The van der Waals surface area contributed by atoms with Crippen molar-refractivity contribution in [2.45, 2.75) is 6.92 Å². The van der Waals surface area contributed by atoms with Gasteiger partial charge in [-0.05, 0) is 19.1 Å². The van der Waals surface area contributed by atoms with Gasteiger partial charge < -0.3 is 18.6 Å². The molecule has 3 aromatic heterocycles. The summed E-state index contributed by atoms with van der Waals surface area (Å²) in [6.45, 7) is 4.54. The van der Waals surface area contributed by atoms with Gasteiger partial charge in [-0.2, -0.15) is 0 Å². The first-order valence-electron chi connectivity index (χ1n) is 10.5. The number of aryl methyl sites for hydroxylation is 1. The van der Waals surface area contributed by atoms with Crippen molar-refractivity contribution in [3.05, 3.63) is 60.1 Å². The lowest BCUT2D eigenvalue weighted by atomic mass is 10.0. The molecule has 8 nitrogen and oxygen atoms in total. The van der Waals surface area contributed by atoms with E-state index in [1.807, 2.05) is 13.0 Å². The summed E-state index contributed by atoms with van der Waals surface area (Å²) >= 11 is 0. The van der Waals surface area contributed by atoms with E-state index in [0.717, 1.165) is 24.3 Å². The predicted molar refractivity (Wildman–Crippen MR) is 114 cm³/mol. The van der Waals surface area contributed by atoms with Crippen LogP contribution in [0.1, 0.15) is 16.1 Å². The van der Waals surface area contributed by atoms with Crippen LogP contribution in [0.3, 0.4) is 0 Å². The molecule has 1 amide bonds. The SMILES string of the molecule is Cc1nc(N2C[C@H]3CN(C(=O)c4c(F)cccc4-c4ncco4)C[C@H]3C2)nc2ccoc12. The summed E-state index contributed by atoms with van der Waals surface area (Å²) in [4.78, 5) is 30.5. The Balaban J connectivity index is 1.22. The molecule has 162 valence electrons. The van der Waals surface area contributed by atoms with Crippen molar-refractivity contribution in [1.29, 1.82) is 0 Å². The zero-order chi connectivity index (χ0) is 21.8. The second kappa shape index (κ2) is 7.15. The van der Waals surface area contributed by atoms with Gasteiger partial charge in [0.1, 0.15) is 17.6 Å². The fourth-order valence-electron chi connectivity index (χ4n) is 4.89. The van der Waals surface area contributed by atoms with Crippen molar-refractivity contribution >= 4 is 23.0 Å². The summed E-state index contributed by atoms with van der Waals surface area (Å²) in [7, 11) is 0. The van der Waals surface area contributed by atoms with E-state index in [1.165, 1.54) is 18.5 Å². The molecule has 4 aromatic rings. The summed E-state index contributed by atoms with van der Waals surface area (Å²) in [6.07, 6.45) is 4.51. The zero-order valence-electron chi connectivity index (χ0n) is 17.4. The van der Waals surface area contributed by atoms with E-state index in [1.54, 1.807) is 23.3 Å². The molecule has 0 spiro atoms. The number of halogens is 1. The second-order valence-electron chi connectivity index (χ2n) is 8.38. The second-order valence-corrected chi connectivity index (χ2v) is 8.38. The van der Waals surface area contributed by atoms with Crippen molar-refractivity contribution in [3.8, 4) is 11.5 Å². The topological polar surface area (TPSA) is 88.5 Å². The molecule has 2 saturated heterocycles. The number of fused-ring (bicyclic) bond motifs is 2. The Labute approximate surface area is 182 Å². The van der Waals surface area contributed by atoms with Gasteiger partial charge in [0.25, 0.3) is 5.91 Å². The highest BCUT2D eigenvalue weighted by molar-refractivity contribution is 6.00. The van der Waals surface area contributed by atoms with E-state index in [-0.39, 0.29) is 29.2 Å². The summed E-state index contributed by atoms with van der Waals surface area (Å²) in [5.74, 6) is 0.579. The lowest BCUT2D eigenvalue weighted by Crippen LogP contribution is -2.34. The van der Waals surface area contributed by atoms with Crippen molar-refractivity contribution in [3.63, 3.8) is 0 Å². The molecule has 2 aliphatic rings. The predicted octanol–water partition coefficient (Wildman–Crippen LogP) is 3.53. The molecule has 0 saturated carbocycles. The Kier molecular flexibility index (Phi) is 4.24. The van der Waals surface area contributed by atoms with Crippen LogP contribution in [0.2, 0.25) is 0 Å². The van der Waals surface area contributed by atoms with Crippen LogP contribution in [0.25, 0.3) is 22.6 Å². The number of anilines is 1. The van der Waals surface area contributed by atoms with Gasteiger partial charge in [-0.3, -0.25) is 4.79 Å². The molecule has 0 aliphatic carbocycles. The first-order chi connectivity index (χ1) is 15.6. The number of carbonyl (C=O) groups is 1. The molecule has 2 fully saturated rings. The smallest absolute Gasteiger partial charge is 0.257 e. The Morgan fingerprint density at radius 2 is 1.88 bits per heavy atom. The number of hydrogen-bond acceptors (Lipinski definition) is 7. The zero-order valence-corrected chi connectivity index (χ0v) is 17.4. The normalized spacial score (nSPS) is 20.3. The fraction of sp³-hybridized carbons (Fsp3) is 0.304. The third-order valence-corrected chi connectivity index (χ3v) is 6.41. The minimum atomic E-state index is -0.568. The van der Waals surface area contributed by atoms with E-state index < -0.39 is 5.82 Å². The highest BCUT2D eigenvalue weighted by Crippen LogP contribution is 2.35. The van der Waals surface area contributed by atoms with Crippen LogP contribution in [0.4, 0.5) is 10.3 Å². The van der Waals surface area contributed by atoms with E-state index in [2.05, 4.69) is 19.9 Å². The molecule has 32 heavy (non-hydrogen) atoms. The van der Waals surface area contributed by atoms with Crippen LogP contribution >= 0.6 is 0 Å². The molecule has 0 radical (unpaired) electrons.